The maximum absolute atomic E-state index is 13.4. The zero-order valence-electron chi connectivity index (χ0n) is 53.9. The van der Waals surface area contributed by atoms with Gasteiger partial charge in [-0.3, -0.25) is 18.7 Å². The molecule has 33 heteroatoms. The average Bonchev–Trinajstić information content (AvgIpc) is 0.819. The lowest BCUT2D eigenvalue weighted by Gasteiger charge is -2.50. The minimum atomic E-state index is -5.67. The molecule has 0 saturated carbocycles. The summed E-state index contributed by atoms with van der Waals surface area (Å²) in [6.07, 6.45) is -9.61. The highest BCUT2D eigenvalue weighted by molar-refractivity contribution is 7.81. The number of hydrogen-bond acceptors (Lipinski definition) is 27. The largest absolute Gasteiger partial charge is 0.397 e. The second-order valence-electron chi connectivity index (χ2n) is 24.6. The van der Waals surface area contributed by atoms with Gasteiger partial charge in [0.15, 0.2) is 25.2 Å². The van der Waals surface area contributed by atoms with E-state index in [1.807, 2.05) is 6.08 Å². The van der Waals surface area contributed by atoms with Crippen molar-refractivity contribution in [3.8, 4) is 0 Å². The van der Waals surface area contributed by atoms with Crippen LogP contribution in [0.5, 0.6) is 0 Å². The van der Waals surface area contributed by atoms with Crippen LogP contribution in [0.4, 0.5) is 0 Å². The Balaban J connectivity index is 1.47. The van der Waals surface area contributed by atoms with E-state index in [2.05, 4.69) is 28.7 Å². The maximum atomic E-state index is 13.4. The number of ether oxygens (including phenoxy) is 8. The van der Waals surface area contributed by atoms with Crippen LogP contribution < -0.4 is 10.6 Å². The van der Waals surface area contributed by atoms with Crippen molar-refractivity contribution in [2.45, 2.75) is 323 Å². The molecule has 0 bridgehead atoms. The molecule has 4 saturated heterocycles. The van der Waals surface area contributed by atoms with E-state index in [1.54, 1.807) is 6.08 Å². The van der Waals surface area contributed by atoms with Crippen LogP contribution in [-0.2, 0) is 76.6 Å². The molecule has 0 unspecified atom stereocenters. The van der Waals surface area contributed by atoms with Gasteiger partial charge in [-0.15, -0.1) is 0 Å². The van der Waals surface area contributed by atoms with E-state index in [0.717, 1.165) is 58.3 Å². The number of carbonyl (C=O) groups excluding carboxylic acids is 2. The lowest BCUT2D eigenvalue weighted by Crippen LogP contribution is -2.70. The third-order valence-corrected chi connectivity index (χ3v) is 17.9. The normalized spacial score (nSPS) is 32.8. The van der Waals surface area contributed by atoms with Crippen LogP contribution in [0.2, 0.25) is 0 Å². The fourth-order valence-electron chi connectivity index (χ4n) is 11.8. The quantitative estimate of drug-likeness (QED) is 0.0226. The second kappa shape index (κ2) is 43.9. The third kappa shape index (κ3) is 28.8. The summed E-state index contributed by atoms with van der Waals surface area (Å²) in [5.41, 5.74) is 0. The van der Waals surface area contributed by atoms with E-state index in [4.69, 9.17) is 42.1 Å². The molecule has 4 aliphatic heterocycles. The molecule has 0 aromatic heterocycles. The fraction of sp³-hybridized carbons (Fsp3) is 0.933. The van der Waals surface area contributed by atoms with Crippen molar-refractivity contribution in [1.29, 1.82) is 0 Å². The summed E-state index contributed by atoms with van der Waals surface area (Å²) in [6.45, 7) is 0.456. The summed E-state index contributed by atoms with van der Waals surface area (Å²) in [5, 5.41) is 126. The van der Waals surface area contributed by atoms with Crippen LogP contribution in [0, 0.1) is 0 Å². The summed E-state index contributed by atoms with van der Waals surface area (Å²) in [7, 11) is -11.1. The Morgan fingerprint density at radius 2 is 0.871 bits per heavy atom. The van der Waals surface area contributed by atoms with Crippen LogP contribution in [-0.4, -0.2) is 262 Å². The summed E-state index contributed by atoms with van der Waals surface area (Å²) in [6, 6.07) is -3.02. The molecule has 4 rings (SSSR count). The molecule has 4 fully saturated rings. The van der Waals surface area contributed by atoms with Gasteiger partial charge < -0.3 is 105 Å². The van der Waals surface area contributed by atoms with Gasteiger partial charge in [-0.1, -0.05) is 167 Å². The SMILES string of the molecule is CCCCCCCCCCCCC/C=C/[C@@H](O)[C@H](CO[C@@H]1O[C@H](CO)[C@@H](O[C@@H]2O[C@H](CO)[C@H](O[C@@H]3O[C@H](CO)[C@H](O)[C@H](O[C@@H]4O[C@H](CO)[C@H](O)[C@H](OS(=O)(=O)O)[C@H]4O)[C@H]3NC(C)=O)[C@H](OS(=O)(=O)O)[C@H]2O)[C@H](O)[C@H]1O)NC(=O)CCCCCCCCCCCCCCC. The van der Waals surface area contributed by atoms with Crippen molar-refractivity contribution in [2.75, 3.05) is 33.0 Å². The second-order valence-corrected chi connectivity index (χ2v) is 26.7. The number of carbonyl (C=O) groups is 2. The minimum Gasteiger partial charge on any atom is -0.394 e. The Hall–Kier alpha value is -2.34. The first kappa shape index (κ1) is 83.1. The van der Waals surface area contributed by atoms with E-state index in [1.165, 1.54) is 96.3 Å². The number of aliphatic hydroxyl groups is 11. The molecule has 546 valence electrons. The van der Waals surface area contributed by atoms with Crippen molar-refractivity contribution in [3.05, 3.63) is 12.2 Å². The molecule has 15 N–H and O–H groups in total. The Bertz CT molecular complexity index is 2320. The molecular weight excluding hydrogens is 1280 g/mol. The third-order valence-electron chi connectivity index (χ3n) is 17.0. The fourth-order valence-corrected chi connectivity index (χ4v) is 12.9. The number of hydrogen-bond donors (Lipinski definition) is 15. The zero-order chi connectivity index (χ0) is 68.7. The van der Waals surface area contributed by atoms with E-state index < -0.39 is 195 Å². The first-order valence-electron chi connectivity index (χ1n) is 33.3. The topological polar surface area (TPSA) is 482 Å². The Labute approximate surface area is 547 Å². The Kier molecular flexibility index (Phi) is 39.2. The number of unbranched alkanes of at least 4 members (excludes halogenated alkanes) is 23. The highest BCUT2D eigenvalue weighted by Crippen LogP contribution is 2.37. The standard InChI is InChI=1S/C60H110N2O29S2/c1-4-6-8-10-12-14-16-18-20-22-24-26-28-30-39(68)38(62-44(69)31-29-27-25-23-21-19-17-15-13-11-9-7-5-2)36-82-58-49(73)48(72)52(42(34-65)85-58)87-60-51(75)56(91-93(79,80)81)53(43(35-66)86-60)88-57-45(61-37(3)67)54(46(70)40(32-63)83-57)89-59-50(74)55(90-92(76,77)78)47(71)41(33-64)84-59/h28,30,38-43,45-60,63-66,68,70-75H,4-27,29,31-36H2,1-3H3,(H,61,67)(H,62,69)(H,76,77,78)(H,79,80,81)/b30-28+/t38-,39+,40+,41+,42+,43+,45+,46-,47-,48+,49+,50+,51+,52+,53-,54+,55-,56+,57-,58+,59-,60-/m0/s1. The summed E-state index contributed by atoms with van der Waals surface area (Å²) in [5.74, 6) is -1.31. The molecule has 0 aromatic rings. The van der Waals surface area contributed by atoms with Crippen molar-refractivity contribution >= 4 is 32.6 Å². The zero-order valence-corrected chi connectivity index (χ0v) is 55.6. The molecule has 4 aliphatic rings. The van der Waals surface area contributed by atoms with Crippen LogP contribution >= 0.6 is 0 Å². The van der Waals surface area contributed by atoms with E-state index in [9.17, 15) is 91.7 Å². The van der Waals surface area contributed by atoms with Gasteiger partial charge in [0.2, 0.25) is 11.8 Å². The van der Waals surface area contributed by atoms with Crippen molar-refractivity contribution in [1.82, 2.24) is 10.6 Å². The van der Waals surface area contributed by atoms with Crippen molar-refractivity contribution in [2.24, 2.45) is 0 Å². The monoisotopic (exact) mass is 1390 g/mol. The minimum absolute atomic E-state index is 0.159. The molecule has 4 heterocycles. The van der Waals surface area contributed by atoms with Crippen LogP contribution in [0.25, 0.3) is 0 Å². The first-order chi connectivity index (χ1) is 44.3. The van der Waals surface area contributed by atoms with E-state index in [0.29, 0.717) is 12.8 Å². The van der Waals surface area contributed by atoms with Gasteiger partial charge in [-0.25, -0.2) is 8.37 Å². The number of rotatable bonds is 47. The number of aliphatic hydroxyl groups excluding tert-OH is 11. The summed E-state index contributed by atoms with van der Waals surface area (Å²) >= 11 is 0. The summed E-state index contributed by atoms with van der Waals surface area (Å²) in [4.78, 5) is 26.2. The Morgan fingerprint density at radius 3 is 1.35 bits per heavy atom. The van der Waals surface area contributed by atoms with Gasteiger partial charge in [-0.05, 0) is 19.3 Å². The van der Waals surface area contributed by atoms with E-state index in [-0.39, 0.29) is 12.3 Å². The maximum Gasteiger partial charge on any atom is 0.397 e. The van der Waals surface area contributed by atoms with Crippen LogP contribution in [0.3, 0.4) is 0 Å². The lowest BCUT2D eigenvalue weighted by molar-refractivity contribution is -0.378. The van der Waals surface area contributed by atoms with Gasteiger partial charge in [0.1, 0.15) is 97.6 Å². The van der Waals surface area contributed by atoms with Gasteiger partial charge >= 0.3 is 20.8 Å². The molecule has 2 amide bonds. The molecule has 93 heavy (non-hydrogen) atoms. The lowest BCUT2D eigenvalue weighted by atomic mass is 9.94. The molecule has 0 radical (unpaired) electrons. The molecule has 0 spiro atoms. The van der Waals surface area contributed by atoms with Crippen LogP contribution in [0.15, 0.2) is 12.2 Å². The number of allylic oxidation sites excluding steroid dienone is 1. The molecular formula is C60H110N2O29S2. The smallest absolute Gasteiger partial charge is 0.394 e. The van der Waals surface area contributed by atoms with Gasteiger partial charge in [-0.2, -0.15) is 16.8 Å². The van der Waals surface area contributed by atoms with Gasteiger partial charge in [0.05, 0.1) is 45.2 Å². The van der Waals surface area contributed by atoms with Gasteiger partial charge in [0, 0.05) is 13.3 Å². The molecule has 0 aromatic carbocycles. The predicted molar refractivity (Wildman–Crippen MR) is 329 cm³/mol. The molecule has 22 atom stereocenters. The van der Waals surface area contributed by atoms with Gasteiger partial charge in [0.25, 0.3) is 0 Å². The predicted octanol–water partition coefficient (Wildman–Crippen LogP) is 0.658. The number of amides is 2. The Morgan fingerprint density at radius 1 is 0.473 bits per heavy atom. The average molecular weight is 1390 g/mol. The molecule has 31 nitrogen and oxygen atoms in total. The highest BCUT2D eigenvalue weighted by Gasteiger charge is 2.58. The number of nitrogens with one attached hydrogen (secondary N) is 2. The van der Waals surface area contributed by atoms with Crippen LogP contribution in [0.1, 0.15) is 188 Å². The van der Waals surface area contributed by atoms with E-state index >= 15 is 0 Å². The van der Waals surface area contributed by atoms with Crippen molar-refractivity contribution in [3.63, 3.8) is 0 Å². The first-order valence-corrected chi connectivity index (χ1v) is 36.0. The summed E-state index contributed by atoms with van der Waals surface area (Å²) < 4.78 is 123. The molecule has 0 aliphatic carbocycles. The highest BCUT2D eigenvalue weighted by atomic mass is 32.3. The van der Waals surface area contributed by atoms with Crippen molar-refractivity contribution < 1.29 is 138 Å².